The van der Waals surface area contributed by atoms with Gasteiger partial charge in [0.2, 0.25) is 0 Å². The van der Waals surface area contributed by atoms with E-state index in [0.717, 1.165) is 0 Å². The normalized spacial score (nSPS) is 12.1. The summed E-state index contributed by atoms with van der Waals surface area (Å²) in [5.74, 6) is 0. The lowest BCUT2D eigenvalue weighted by Gasteiger charge is -2.11. The lowest BCUT2D eigenvalue weighted by molar-refractivity contribution is 1.13. The molecule has 8 aromatic carbocycles. The monoisotopic (exact) mass is 640 g/mol. The van der Waals surface area contributed by atoms with Crippen LogP contribution in [0.1, 0.15) is 0 Å². The van der Waals surface area contributed by atoms with Crippen LogP contribution in [0.3, 0.4) is 0 Å². The fourth-order valence-electron chi connectivity index (χ4n) is 7.96. The molecule has 0 unspecified atom stereocenters. The minimum atomic E-state index is 1.18. The van der Waals surface area contributed by atoms with E-state index in [9.17, 15) is 0 Å². The first-order chi connectivity index (χ1) is 24.3. The Morgan fingerprint density at radius 2 is 1.08 bits per heavy atom. The first-order valence-electron chi connectivity index (χ1n) is 16.8. The molecule has 0 saturated heterocycles. The molecule has 0 atom stereocenters. The molecule has 2 nitrogen and oxygen atoms in total. The first-order valence-corrected chi connectivity index (χ1v) is 17.6. The van der Waals surface area contributed by atoms with Crippen LogP contribution in [0.4, 0.5) is 0 Å². The third kappa shape index (κ3) is 4.00. The van der Waals surface area contributed by atoms with Gasteiger partial charge in [0.05, 0.1) is 16.6 Å². The molecule has 0 aliphatic carbocycles. The lowest BCUT2D eigenvalue weighted by Crippen LogP contribution is -1.94. The average molecular weight is 641 g/mol. The molecule has 0 aliphatic rings. The van der Waals surface area contributed by atoms with Crippen molar-refractivity contribution in [1.82, 2.24) is 9.13 Å². The largest absolute Gasteiger partial charge is 0.317 e. The van der Waals surface area contributed by atoms with Gasteiger partial charge in [0.1, 0.15) is 0 Å². The zero-order valence-corrected chi connectivity index (χ0v) is 27.3. The van der Waals surface area contributed by atoms with E-state index in [4.69, 9.17) is 0 Å². The third-order valence-electron chi connectivity index (χ3n) is 10.3. The Bertz CT molecular complexity index is 3120. The van der Waals surface area contributed by atoms with E-state index >= 15 is 0 Å². The maximum Gasteiger partial charge on any atom is 0.0619 e. The van der Waals surface area contributed by atoms with Gasteiger partial charge in [0.25, 0.3) is 0 Å². The number of rotatable bonds is 3. The summed E-state index contributed by atoms with van der Waals surface area (Å²) >= 11 is 1.86. The number of fused-ring (bicyclic) bond motifs is 10. The van der Waals surface area contributed by atoms with Crippen molar-refractivity contribution in [3.63, 3.8) is 0 Å². The summed E-state index contributed by atoms with van der Waals surface area (Å²) in [5.41, 5.74) is 8.49. The summed E-state index contributed by atoms with van der Waals surface area (Å²) in [5, 5.41) is 11.4. The Morgan fingerprint density at radius 1 is 0.367 bits per heavy atom. The van der Waals surface area contributed by atoms with Gasteiger partial charge in [-0.1, -0.05) is 97.1 Å². The van der Waals surface area contributed by atoms with Gasteiger partial charge in [-0.2, -0.15) is 0 Å². The minimum absolute atomic E-state index is 1.18. The quantitative estimate of drug-likeness (QED) is 0.182. The smallest absolute Gasteiger partial charge is 0.0619 e. The molecule has 49 heavy (non-hydrogen) atoms. The standard InChI is InChI=1S/C46H28N2S/c1-2-9-31-26-36(17-13-29(31)7-1)48-43-21-16-33(27-40(43)39-19-14-30-8-3-4-10-37(30)46(39)48)32-15-20-42-34(25-32)23-24-47(42)35-18-22-45-41(28-35)38-11-5-6-12-44(38)49-45/h1-28H. The summed E-state index contributed by atoms with van der Waals surface area (Å²) < 4.78 is 7.44. The molecule has 0 N–H and O–H groups in total. The Hall–Kier alpha value is -6.16. The van der Waals surface area contributed by atoms with Crippen LogP contribution >= 0.6 is 11.3 Å². The van der Waals surface area contributed by atoms with Gasteiger partial charge in [-0.3, -0.25) is 0 Å². The van der Waals surface area contributed by atoms with E-state index in [2.05, 4.69) is 179 Å². The third-order valence-corrected chi connectivity index (χ3v) is 11.5. The number of benzene rings is 8. The van der Waals surface area contributed by atoms with Crippen molar-refractivity contribution in [2.75, 3.05) is 0 Å². The van der Waals surface area contributed by atoms with Crippen molar-refractivity contribution < 1.29 is 0 Å². The van der Waals surface area contributed by atoms with Crippen LogP contribution in [-0.2, 0) is 0 Å². The Labute approximate surface area is 286 Å². The van der Waals surface area contributed by atoms with Crippen molar-refractivity contribution in [2.45, 2.75) is 0 Å². The molecule has 3 heterocycles. The highest BCUT2D eigenvalue weighted by molar-refractivity contribution is 7.25. The number of thiophene rings is 1. The zero-order valence-electron chi connectivity index (χ0n) is 26.5. The summed E-state index contributed by atoms with van der Waals surface area (Å²) in [6.45, 7) is 0. The minimum Gasteiger partial charge on any atom is -0.317 e. The van der Waals surface area contributed by atoms with E-state index in [0.29, 0.717) is 0 Å². The summed E-state index contributed by atoms with van der Waals surface area (Å²) in [4.78, 5) is 0. The molecule has 0 amide bonds. The molecule has 228 valence electrons. The second kappa shape index (κ2) is 10.2. The number of nitrogens with zero attached hydrogens (tertiary/aromatic N) is 2. The van der Waals surface area contributed by atoms with E-state index in [1.165, 1.54) is 96.9 Å². The molecule has 0 spiro atoms. The predicted molar refractivity (Wildman–Crippen MR) is 211 cm³/mol. The van der Waals surface area contributed by atoms with Gasteiger partial charge in [-0.25, -0.2) is 0 Å². The van der Waals surface area contributed by atoms with Crippen molar-refractivity contribution in [1.29, 1.82) is 0 Å². The molecule has 0 saturated carbocycles. The predicted octanol–water partition coefficient (Wildman–Crippen LogP) is 13.1. The summed E-state index contributed by atoms with van der Waals surface area (Å²) in [6, 6.07) is 60.4. The molecule has 3 aromatic heterocycles. The van der Waals surface area contributed by atoms with Crippen molar-refractivity contribution in [2.24, 2.45) is 0 Å². The van der Waals surface area contributed by atoms with Gasteiger partial charge < -0.3 is 9.13 Å². The van der Waals surface area contributed by atoms with Crippen LogP contribution in [-0.4, -0.2) is 9.13 Å². The maximum absolute atomic E-state index is 2.46. The van der Waals surface area contributed by atoms with Gasteiger partial charge >= 0.3 is 0 Å². The summed E-state index contributed by atoms with van der Waals surface area (Å²) in [7, 11) is 0. The molecular weight excluding hydrogens is 613 g/mol. The molecule has 11 rings (SSSR count). The second-order valence-corrected chi connectivity index (χ2v) is 14.1. The van der Waals surface area contributed by atoms with Gasteiger partial charge in [-0.15, -0.1) is 11.3 Å². The van der Waals surface area contributed by atoms with E-state index in [1.54, 1.807) is 0 Å². The van der Waals surface area contributed by atoms with E-state index in [1.807, 2.05) is 11.3 Å². The van der Waals surface area contributed by atoms with Gasteiger partial charge in [0, 0.05) is 59.3 Å². The molecule has 0 aliphatic heterocycles. The second-order valence-electron chi connectivity index (χ2n) is 13.0. The molecule has 0 fully saturated rings. The number of hydrogen-bond donors (Lipinski definition) is 0. The highest BCUT2D eigenvalue weighted by Crippen LogP contribution is 2.40. The molecule has 11 aromatic rings. The SMILES string of the molecule is c1ccc2cc(-n3c4ccc(-c5ccc6c(ccn6-c6ccc7sc8ccccc8c7c6)c5)cc4c4ccc5ccccc5c43)ccc2c1. The highest BCUT2D eigenvalue weighted by atomic mass is 32.1. The van der Waals surface area contributed by atoms with E-state index in [-0.39, 0.29) is 0 Å². The van der Waals surface area contributed by atoms with Gasteiger partial charge in [-0.05, 0) is 94.0 Å². The Balaban J connectivity index is 1.07. The van der Waals surface area contributed by atoms with Crippen LogP contribution in [0.5, 0.6) is 0 Å². The number of aromatic nitrogens is 2. The van der Waals surface area contributed by atoms with Crippen LogP contribution in [0.25, 0.3) is 96.9 Å². The van der Waals surface area contributed by atoms with Crippen molar-refractivity contribution in [3.8, 4) is 22.5 Å². The topological polar surface area (TPSA) is 9.86 Å². The molecular formula is C46H28N2S. The fraction of sp³-hybridized carbons (Fsp3) is 0. The fourth-order valence-corrected chi connectivity index (χ4v) is 9.04. The van der Waals surface area contributed by atoms with Crippen LogP contribution < -0.4 is 0 Å². The van der Waals surface area contributed by atoms with Crippen LogP contribution in [0.2, 0.25) is 0 Å². The van der Waals surface area contributed by atoms with Crippen LogP contribution in [0, 0.1) is 0 Å². The lowest BCUT2D eigenvalue weighted by atomic mass is 10.0. The molecule has 3 heteroatoms. The highest BCUT2D eigenvalue weighted by Gasteiger charge is 2.17. The average Bonchev–Trinajstić information content (AvgIpc) is 3.85. The summed E-state index contributed by atoms with van der Waals surface area (Å²) in [6.07, 6.45) is 2.20. The molecule has 0 bridgehead atoms. The zero-order chi connectivity index (χ0) is 32.1. The van der Waals surface area contributed by atoms with Crippen molar-refractivity contribution in [3.05, 3.63) is 170 Å². The van der Waals surface area contributed by atoms with E-state index < -0.39 is 0 Å². The Morgan fingerprint density at radius 3 is 2.00 bits per heavy atom. The maximum atomic E-state index is 2.46. The van der Waals surface area contributed by atoms with Crippen molar-refractivity contribution >= 4 is 85.8 Å². The van der Waals surface area contributed by atoms with Gasteiger partial charge in [0.15, 0.2) is 0 Å². The Kier molecular flexibility index (Phi) is 5.57. The number of hydrogen-bond acceptors (Lipinski definition) is 1. The molecule has 0 radical (unpaired) electrons. The van der Waals surface area contributed by atoms with Crippen LogP contribution in [0.15, 0.2) is 170 Å². The first kappa shape index (κ1) is 26.9.